The number of rotatable bonds is 2. The average molecular weight is 181 g/mol. The third-order valence-corrected chi connectivity index (χ3v) is 1.76. The Bertz CT molecular complexity index is 334. The molecule has 1 aromatic rings. The molecule has 0 unspecified atom stereocenters. The van der Waals surface area contributed by atoms with Crippen molar-refractivity contribution in [3.63, 3.8) is 0 Å². The van der Waals surface area contributed by atoms with Crippen LogP contribution in [0.15, 0.2) is 18.2 Å². The number of Topliss-reactive ketones (excluding diaryl/α,β-unsaturated/α-hetero) is 1. The van der Waals surface area contributed by atoms with Gasteiger partial charge in [0.1, 0.15) is 6.10 Å². The molecule has 1 atom stereocenters. The van der Waals surface area contributed by atoms with Crippen molar-refractivity contribution in [3.8, 4) is 0 Å². The second-order valence-electron chi connectivity index (χ2n) is 2.86. The Hall–Kier alpha value is -1.42. The number of ketones is 1. The molecule has 1 N–H and O–H groups in total. The van der Waals surface area contributed by atoms with Gasteiger partial charge < -0.3 is 10.3 Å². The van der Waals surface area contributed by atoms with Gasteiger partial charge in [0.05, 0.1) is 0 Å². The molecule has 0 aliphatic rings. The van der Waals surface area contributed by atoms with Crippen LogP contribution >= 0.6 is 0 Å². The smallest absolute Gasteiger partial charge is 0.259 e. The zero-order valence-corrected chi connectivity index (χ0v) is 7.52. The molecule has 0 bridgehead atoms. The Balaban J connectivity index is 3.26. The van der Waals surface area contributed by atoms with Gasteiger partial charge in [-0.05, 0) is 13.0 Å². The number of aliphatic hydroxyl groups is 1. The molecule has 70 valence electrons. The Morgan fingerprint density at radius 2 is 2.23 bits per heavy atom. The fraction of sp³-hybridized carbons (Fsp3) is 0.333. The average Bonchev–Trinajstić information content (AvgIpc) is 2.03. The highest BCUT2D eigenvalue weighted by atomic mass is 16.5. The zero-order chi connectivity index (χ0) is 10.0. The Labute approximate surface area is 76.0 Å². The summed E-state index contributed by atoms with van der Waals surface area (Å²) in [4.78, 5) is 10.9. The maximum absolute atomic E-state index is 11.4. The summed E-state index contributed by atoms with van der Waals surface area (Å²) >= 11 is 0. The first-order chi connectivity index (χ1) is 6.04. The van der Waals surface area contributed by atoms with E-state index < -0.39 is 6.10 Å². The van der Waals surface area contributed by atoms with Crippen LogP contribution in [0.25, 0.3) is 0 Å². The largest absolute Gasteiger partial charge is 0.618 e. The first kappa shape index (κ1) is 9.67. The van der Waals surface area contributed by atoms with Crippen molar-refractivity contribution in [2.24, 2.45) is 0 Å². The quantitative estimate of drug-likeness (QED) is 0.412. The number of hydrogen-bond acceptors (Lipinski definition) is 3. The third-order valence-electron chi connectivity index (χ3n) is 1.76. The highest BCUT2D eigenvalue weighted by Crippen LogP contribution is 2.07. The van der Waals surface area contributed by atoms with Gasteiger partial charge in [-0.1, -0.05) is 0 Å². The highest BCUT2D eigenvalue weighted by Gasteiger charge is 2.17. The lowest BCUT2D eigenvalue weighted by atomic mass is 10.2. The molecule has 0 amide bonds. The van der Waals surface area contributed by atoms with E-state index >= 15 is 0 Å². The van der Waals surface area contributed by atoms with Gasteiger partial charge in [-0.25, -0.2) is 0 Å². The van der Waals surface area contributed by atoms with E-state index in [9.17, 15) is 15.1 Å². The predicted octanol–water partition coefficient (Wildman–Crippen LogP) is 0.576. The van der Waals surface area contributed by atoms with Crippen LogP contribution in [0.2, 0.25) is 0 Å². The normalized spacial score (nSPS) is 12.5. The molecule has 0 radical (unpaired) electrons. The van der Waals surface area contributed by atoms with Crippen LogP contribution in [-0.4, -0.2) is 10.9 Å². The van der Waals surface area contributed by atoms with Crippen LogP contribution in [0, 0.1) is 5.21 Å². The lowest BCUT2D eigenvalue weighted by molar-refractivity contribution is -0.620. The second kappa shape index (κ2) is 3.53. The zero-order valence-electron chi connectivity index (χ0n) is 7.52. The molecule has 0 saturated heterocycles. The summed E-state index contributed by atoms with van der Waals surface area (Å²) in [5, 5.41) is 20.6. The van der Waals surface area contributed by atoms with E-state index in [4.69, 9.17) is 0 Å². The molecule has 0 saturated carbocycles. The molecule has 4 nitrogen and oxygen atoms in total. The number of aliphatic hydroxyl groups excluding tert-OH is 1. The molecule has 0 aromatic carbocycles. The molecular weight excluding hydrogens is 170 g/mol. The summed E-state index contributed by atoms with van der Waals surface area (Å²) in [5.41, 5.74) is 0.242. The maximum Gasteiger partial charge on any atom is 0.259 e. The Kier molecular flexibility index (Phi) is 2.63. The van der Waals surface area contributed by atoms with E-state index in [1.165, 1.54) is 26.0 Å². The molecular formula is C9H11NO3. The topological polar surface area (TPSA) is 64.2 Å². The fourth-order valence-corrected chi connectivity index (χ4v) is 1.08. The van der Waals surface area contributed by atoms with Crippen molar-refractivity contribution in [3.05, 3.63) is 34.8 Å². The Morgan fingerprint density at radius 3 is 2.69 bits per heavy atom. The summed E-state index contributed by atoms with van der Waals surface area (Å²) < 4.78 is 0.465. The van der Waals surface area contributed by atoms with Crippen molar-refractivity contribution in [1.29, 1.82) is 0 Å². The van der Waals surface area contributed by atoms with Crippen molar-refractivity contribution in [2.45, 2.75) is 20.0 Å². The van der Waals surface area contributed by atoms with Gasteiger partial charge in [0.2, 0.25) is 11.5 Å². The minimum absolute atomic E-state index is 0.0541. The number of carbonyl (C=O) groups excluding carboxylic acids is 1. The summed E-state index contributed by atoms with van der Waals surface area (Å²) in [5.74, 6) is -0.308. The van der Waals surface area contributed by atoms with Gasteiger partial charge >= 0.3 is 0 Å². The second-order valence-corrected chi connectivity index (χ2v) is 2.86. The molecule has 13 heavy (non-hydrogen) atoms. The van der Waals surface area contributed by atoms with Crippen LogP contribution < -0.4 is 4.73 Å². The molecule has 1 rings (SSSR count). The van der Waals surface area contributed by atoms with Gasteiger partial charge in [-0.15, -0.1) is 0 Å². The Morgan fingerprint density at radius 1 is 1.62 bits per heavy atom. The van der Waals surface area contributed by atoms with Gasteiger partial charge in [0.15, 0.2) is 0 Å². The van der Waals surface area contributed by atoms with E-state index in [0.717, 1.165) is 0 Å². The van der Waals surface area contributed by atoms with Crippen LogP contribution in [-0.2, 0) is 0 Å². The van der Waals surface area contributed by atoms with Gasteiger partial charge in [0, 0.05) is 19.1 Å². The van der Waals surface area contributed by atoms with Gasteiger partial charge in [0.25, 0.3) is 5.69 Å². The van der Waals surface area contributed by atoms with Gasteiger partial charge in [-0.3, -0.25) is 4.79 Å². The lowest BCUT2D eigenvalue weighted by Gasteiger charge is -2.08. The van der Waals surface area contributed by atoms with E-state index in [-0.39, 0.29) is 17.2 Å². The number of hydrogen-bond donors (Lipinski definition) is 1. The molecule has 1 aromatic heterocycles. The number of carbonyl (C=O) groups is 1. The van der Waals surface area contributed by atoms with Crippen LogP contribution in [0.5, 0.6) is 0 Å². The standard InChI is InChI=1S/C9H11NO3/c1-6(11)8-4-3-5-9(7(2)12)10(8)13/h3-6,11H,1-2H3/t6-/m0/s1. The van der Waals surface area contributed by atoms with Gasteiger partial charge in [-0.2, -0.15) is 4.73 Å². The number of pyridine rings is 1. The molecule has 0 aliphatic carbocycles. The van der Waals surface area contributed by atoms with Crippen molar-refractivity contribution >= 4 is 5.78 Å². The number of aromatic nitrogens is 1. The summed E-state index contributed by atoms with van der Waals surface area (Å²) in [6, 6.07) is 4.50. The summed E-state index contributed by atoms with van der Waals surface area (Å²) in [6.07, 6.45) is -0.864. The number of nitrogens with zero attached hydrogens (tertiary/aromatic N) is 1. The summed E-state index contributed by atoms with van der Waals surface area (Å²) in [6.45, 7) is 2.79. The molecule has 1 heterocycles. The van der Waals surface area contributed by atoms with E-state index in [0.29, 0.717) is 4.73 Å². The van der Waals surface area contributed by atoms with E-state index in [2.05, 4.69) is 0 Å². The lowest BCUT2D eigenvalue weighted by Crippen LogP contribution is -2.39. The molecule has 4 heteroatoms. The van der Waals surface area contributed by atoms with Crippen molar-refractivity contribution < 1.29 is 14.6 Å². The van der Waals surface area contributed by atoms with Crippen molar-refractivity contribution in [1.82, 2.24) is 0 Å². The highest BCUT2D eigenvalue weighted by molar-refractivity contribution is 5.90. The maximum atomic E-state index is 11.4. The first-order valence-electron chi connectivity index (χ1n) is 3.95. The minimum Gasteiger partial charge on any atom is -0.618 e. The minimum atomic E-state index is -0.864. The molecule has 0 spiro atoms. The first-order valence-corrected chi connectivity index (χ1v) is 3.95. The monoisotopic (exact) mass is 181 g/mol. The van der Waals surface area contributed by atoms with Crippen LogP contribution in [0.1, 0.15) is 36.1 Å². The summed E-state index contributed by atoms with van der Waals surface area (Å²) in [7, 11) is 0. The molecule has 0 aliphatic heterocycles. The van der Waals surface area contributed by atoms with E-state index in [1.807, 2.05) is 0 Å². The molecule has 0 fully saturated rings. The van der Waals surface area contributed by atoms with E-state index in [1.54, 1.807) is 6.07 Å². The SMILES string of the molecule is CC(=O)c1cccc([C@H](C)O)[n+]1[O-]. The van der Waals surface area contributed by atoms with Crippen LogP contribution in [0.3, 0.4) is 0 Å². The van der Waals surface area contributed by atoms with Crippen molar-refractivity contribution in [2.75, 3.05) is 0 Å². The fourth-order valence-electron chi connectivity index (χ4n) is 1.08. The van der Waals surface area contributed by atoms with Crippen LogP contribution in [0.4, 0.5) is 0 Å². The third kappa shape index (κ3) is 1.84. The predicted molar refractivity (Wildman–Crippen MR) is 46.0 cm³/mol.